The highest BCUT2D eigenvalue weighted by atomic mass is 32.2. The zero-order valence-electron chi connectivity index (χ0n) is 17.8. The molecule has 3 heteroatoms. The minimum atomic E-state index is 0.974. The maximum absolute atomic E-state index is 5.03. The van der Waals surface area contributed by atoms with Gasteiger partial charge in [-0.1, -0.05) is 67.6 Å². The summed E-state index contributed by atoms with van der Waals surface area (Å²) in [6.45, 7) is 3.25. The molecule has 0 bridgehead atoms. The number of aromatic nitrogens is 2. The van der Waals surface area contributed by atoms with E-state index in [9.17, 15) is 0 Å². The quantitative estimate of drug-likeness (QED) is 0.261. The Morgan fingerprint density at radius 2 is 1.50 bits per heavy atom. The molecule has 4 rings (SSSR count). The van der Waals surface area contributed by atoms with E-state index in [-0.39, 0.29) is 0 Å². The van der Waals surface area contributed by atoms with Gasteiger partial charge in [0.1, 0.15) is 5.82 Å². The summed E-state index contributed by atoms with van der Waals surface area (Å²) >= 11 is 1.94. The van der Waals surface area contributed by atoms with Gasteiger partial charge in [-0.05, 0) is 60.8 Å². The lowest BCUT2D eigenvalue weighted by Gasteiger charge is -2.10. The van der Waals surface area contributed by atoms with Crippen LogP contribution < -0.4 is 0 Å². The van der Waals surface area contributed by atoms with Crippen molar-refractivity contribution in [3.8, 4) is 0 Å². The number of fused-ring (bicyclic) bond motifs is 1. The number of rotatable bonds is 10. The topological polar surface area (TPSA) is 17.8 Å². The van der Waals surface area contributed by atoms with E-state index >= 15 is 0 Å². The highest BCUT2D eigenvalue weighted by molar-refractivity contribution is 7.99. The summed E-state index contributed by atoms with van der Waals surface area (Å²) < 4.78 is 2.47. The molecule has 1 aromatic heterocycles. The third-order valence-corrected chi connectivity index (χ3v) is 6.64. The van der Waals surface area contributed by atoms with E-state index in [2.05, 4.69) is 90.4 Å². The molecule has 30 heavy (non-hydrogen) atoms. The Morgan fingerprint density at radius 1 is 0.800 bits per heavy atom. The van der Waals surface area contributed by atoms with Crippen molar-refractivity contribution in [1.82, 2.24) is 9.55 Å². The second-order valence-corrected chi connectivity index (χ2v) is 8.92. The predicted octanol–water partition coefficient (Wildman–Crippen LogP) is 6.96. The van der Waals surface area contributed by atoms with Crippen molar-refractivity contribution < 1.29 is 0 Å². The smallest absolute Gasteiger partial charge is 0.110 e. The molecular weight excluding hydrogens is 384 g/mol. The number of hydrogen-bond acceptors (Lipinski definition) is 2. The van der Waals surface area contributed by atoms with Gasteiger partial charge in [0.15, 0.2) is 0 Å². The van der Waals surface area contributed by atoms with Gasteiger partial charge in [0, 0.05) is 17.9 Å². The van der Waals surface area contributed by atoms with Crippen LogP contribution in [0, 0.1) is 0 Å². The number of thioether (sulfide) groups is 1. The fourth-order valence-electron chi connectivity index (χ4n) is 3.89. The Labute approximate surface area is 184 Å². The lowest BCUT2D eigenvalue weighted by atomic mass is 10.1. The van der Waals surface area contributed by atoms with Crippen LogP contribution in [0.4, 0.5) is 0 Å². The second kappa shape index (κ2) is 10.5. The molecule has 0 aliphatic rings. The molecule has 0 saturated carbocycles. The molecule has 0 spiro atoms. The lowest BCUT2D eigenvalue weighted by Crippen LogP contribution is -2.06. The highest BCUT2D eigenvalue weighted by Crippen LogP contribution is 2.26. The number of imidazole rings is 1. The molecule has 0 atom stereocenters. The zero-order chi connectivity index (χ0) is 20.6. The fraction of sp³-hybridized carbons (Fsp3) is 0.296. The number of aryl methyl sites for hydroxylation is 4. The van der Waals surface area contributed by atoms with Gasteiger partial charge in [-0.15, -0.1) is 11.8 Å². The molecule has 0 aliphatic heterocycles. The summed E-state index contributed by atoms with van der Waals surface area (Å²) in [4.78, 5) is 6.38. The first-order valence-electron chi connectivity index (χ1n) is 11.0. The molecule has 154 valence electrons. The lowest BCUT2D eigenvalue weighted by molar-refractivity contribution is 0.621. The second-order valence-electron chi connectivity index (χ2n) is 7.75. The van der Waals surface area contributed by atoms with Crippen molar-refractivity contribution in [1.29, 1.82) is 0 Å². The van der Waals surface area contributed by atoms with Gasteiger partial charge in [-0.25, -0.2) is 4.98 Å². The van der Waals surface area contributed by atoms with E-state index < -0.39 is 0 Å². The van der Waals surface area contributed by atoms with E-state index in [0.29, 0.717) is 0 Å². The van der Waals surface area contributed by atoms with E-state index in [4.69, 9.17) is 4.98 Å². The average Bonchev–Trinajstić information content (AvgIpc) is 3.14. The first-order valence-corrected chi connectivity index (χ1v) is 12.0. The summed E-state index contributed by atoms with van der Waals surface area (Å²) in [6, 6.07) is 28.3. The van der Waals surface area contributed by atoms with Crippen LogP contribution in [0.3, 0.4) is 0 Å². The van der Waals surface area contributed by atoms with Crippen LogP contribution in [-0.4, -0.2) is 15.3 Å². The first-order chi connectivity index (χ1) is 14.8. The molecule has 0 fully saturated rings. The van der Waals surface area contributed by atoms with Crippen molar-refractivity contribution in [3.05, 3.63) is 95.8 Å². The van der Waals surface area contributed by atoms with Crippen LogP contribution in [0.2, 0.25) is 0 Å². The summed E-state index contributed by atoms with van der Waals surface area (Å²) in [5.74, 6) is 2.37. The van der Waals surface area contributed by atoms with Crippen LogP contribution in [0.5, 0.6) is 0 Å². The van der Waals surface area contributed by atoms with Gasteiger partial charge in [0.25, 0.3) is 0 Å². The molecule has 0 amide bonds. The van der Waals surface area contributed by atoms with E-state index in [0.717, 1.165) is 43.5 Å². The Hall–Kier alpha value is -2.52. The number of hydrogen-bond donors (Lipinski definition) is 0. The predicted molar refractivity (Wildman–Crippen MR) is 129 cm³/mol. The summed E-state index contributed by atoms with van der Waals surface area (Å²) in [5.41, 5.74) is 5.19. The van der Waals surface area contributed by atoms with Gasteiger partial charge in [0.05, 0.1) is 11.0 Å². The third kappa shape index (κ3) is 5.34. The summed E-state index contributed by atoms with van der Waals surface area (Å²) in [5, 5.41) is 0. The number of nitrogens with zero attached hydrogens (tertiary/aromatic N) is 2. The molecule has 2 nitrogen and oxygen atoms in total. The molecule has 3 aromatic carbocycles. The summed E-state index contributed by atoms with van der Waals surface area (Å²) in [7, 11) is 0. The molecule has 4 aromatic rings. The minimum Gasteiger partial charge on any atom is -0.328 e. The van der Waals surface area contributed by atoms with Crippen molar-refractivity contribution >= 4 is 22.8 Å². The third-order valence-electron chi connectivity index (χ3n) is 5.44. The zero-order valence-corrected chi connectivity index (χ0v) is 18.6. The SMILES string of the molecule is CCCSc1ccc2nc(CCc3ccccc3)n(CCCc3ccccc3)c2c1. The minimum absolute atomic E-state index is 0.974. The van der Waals surface area contributed by atoms with Crippen molar-refractivity contribution in [2.24, 2.45) is 0 Å². The van der Waals surface area contributed by atoms with E-state index in [1.165, 1.54) is 33.8 Å². The number of benzene rings is 3. The molecular formula is C27H30N2S. The average molecular weight is 415 g/mol. The molecule has 0 unspecified atom stereocenters. The van der Waals surface area contributed by atoms with Gasteiger partial charge < -0.3 is 4.57 Å². The van der Waals surface area contributed by atoms with Gasteiger partial charge in [-0.2, -0.15) is 0 Å². The van der Waals surface area contributed by atoms with Gasteiger partial charge >= 0.3 is 0 Å². The molecule has 0 radical (unpaired) electrons. The van der Waals surface area contributed by atoms with Crippen molar-refractivity contribution in [2.45, 2.75) is 50.5 Å². The Balaban J connectivity index is 1.56. The van der Waals surface area contributed by atoms with Crippen LogP contribution in [0.1, 0.15) is 36.7 Å². The molecule has 0 aliphatic carbocycles. The van der Waals surface area contributed by atoms with Crippen molar-refractivity contribution in [3.63, 3.8) is 0 Å². The fourth-order valence-corrected chi connectivity index (χ4v) is 4.69. The van der Waals surface area contributed by atoms with Crippen LogP contribution in [0.25, 0.3) is 11.0 Å². The van der Waals surface area contributed by atoms with Crippen molar-refractivity contribution in [2.75, 3.05) is 5.75 Å². The van der Waals surface area contributed by atoms with Crippen LogP contribution >= 0.6 is 11.8 Å². The Kier molecular flexibility index (Phi) is 7.25. The van der Waals surface area contributed by atoms with Crippen LogP contribution in [0.15, 0.2) is 83.8 Å². The Morgan fingerprint density at radius 3 is 2.20 bits per heavy atom. The maximum atomic E-state index is 5.03. The molecule has 0 N–H and O–H groups in total. The molecule has 0 saturated heterocycles. The maximum Gasteiger partial charge on any atom is 0.110 e. The van der Waals surface area contributed by atoms with E-state index in [1.807, 2.05) is 11.8 Å². The largest absolute Gasteiger partial charge is 0.328 e. The van der Waals surface area contributed by atoms with Gasteiger partial charge in [-0.3, -0.25) is 0 Å². The summed E-state index contributed by atoms with van der Waals surface area (Å²) in [6.07, 6.45) is 5.42. The highest BCUT2D eigenvalue weighted by Gasteiger charge is 2.12. The normalized spacial score (nSPS) is 11.2. The molecule has 1 heterocycles. The van der Waals surface area contributed by atoms with E-state index in [1.54, 1.807) is 0 Å². The van der Waals surface area contributed by atoms with Gasteiger partial charge in [0.2, 0.25) is 0 Å². The first kappa shape index (κ1) is 20.7. The standard InChI is InChI=1S/C27H30N2S/c1-2-20-30-24-16-17-25-26(21-24)29(19-9-14-22-10-5-3-6-11-22)27(28-25)18-15-23-12-7-4-8-13-23/h3-8,10-13,16-17,21H,2,9,14-15,18-20H2,1H3. The monoisotopic (exact) mass is 414 g/mol. The van der Waals surface area contributed by atoms with Crippen LogP contribution in [-0.2, 0) is 25.8 Å². The Bertz CT molecular complexity index is 1050.